The van der Waals surface area contributed by atoms with E-state index in [2.05, 4.69) is 29.5 Å². The lowest BCUT2D eigenvalue weighted by atomic mass is 9.57. The highest BCUT2D eigenvalue weighted by Crippen LogP contribution is 2.52. The van der Waals surface area contributed by atoms with E-state index in [0.717, 1.165) is 37.6 Å². The van der Waals surface area contributed by atoms with E-state index in [1.54, 1.807) is 13.1 Å². The zero-order chi connectivity index (χ0) is 19.6. The van der Waals surface area contributed by atoms with E-state index in [1.165, 1.54) is 0 Å². The lowest BCUT2D eigenvalue weighted by molar-refractivity contribution is -0.106. The fraction of sp³-hybridized carbons (Fsp3) is 0.667. The SMILES string of the molecule is CCN(CC)c1ccc(CNC(=NC)NC2C3CCOC3C2(C)C)cc1F.I. The molecule has 2 aliphatic rings. The highest BCUT2D eigenvalue weighted by molar-refractivity contribution is 14.0. The Hall–Kier alpha value is -1.09. The summed E-state index contributed by atoms with van der Waals surface area (Å²) in [5.41, 5.74) is 1.66. The summed E-state index contributed by atoms with van der Waals surface area (Å²) in [7, 11) is 1.77. The van der Waals surface area contributed by atoms with Crippen LogP contribution in [0.1, 0.15) is 39.7 Å². The molecule has 1 heterocycles. The van der Waals surface area contributed by atoms with E-state index in [1.807, 2.05) is 30.9 Å². The van der Waals surface area contributed by atoms with E-state index in [0.29, 0.717) is 30.3 Å². The number of nitrogens with one attached hydrogen (secondary N) is 2. The van der Waals surface area contributed by atoms with Gasteiger partial charge in [-0.1, -0.05) is 19.9 Å². The van der Waals surface area contributed by atoms with Crippen molar-refractivity contribution >= 4 is 35.6 Å². The Labute approximate surface area is 185 Å². The van der Waals surface area contributed by atoms with Crippen molar-refractivity contribution in [1.29, 1.82) is 0 Å². The predicted octanol–water partition coefficient (Wildman–Crippen LogP) is 3.77. The van der Waals surface area contributed by atoms with Crippen molar-refractivity contribution in [2.24, 2.45) is 16.3 Å². The van der Waals surface area contributed by atoms with Crippen LogP contribution in [0.4, 0.5) is 10.1 Å². The van der Waals surface area contributed by atoms with Gasteiger partial charge in [-0.2, -0.15) is 0 Å². The molecule has 0 spiro atoms. The molecular formula is C21H34FIN4O. The van der Waals surface area contributed by atoms with Gasteiger partial charge in [0.2, 0.25) is 0 Å². The summed E-state index contributed by atoms with van der Waals surface area (Å²) in [4.78, 5) is 6.37. The lowest BCUT2D eigenvalue weighted by Crippen LogP contribution is -2.67. The first-order chi connectivity index (χ1) is 12.9. The predicted molar refractivity (Wildman–Crippen MR) is 124 cm³/mol. The largest absolute Gasteiger partial charge is 0.377 e. The normalized spacial score (nSPS) is 25.4. The van der Waals surface area contributed by atoms with Crippen molar-refractivity contribution in [3.8, 4) is 0 Å². The Bertz CT molecular complexity index is 693. The summed E-state index contributed by atoms with van der Waals surface area (Å²) in [6.07, 6.45) is 1.44. The minimum absolute atomic E-state index is 0. The molecule has 5 nitrogen and oxygen atoms in total. The van der Waals surface area contributed by atoms with E-state index in [9.17, 15) is 4.39 Å². The molecule has 1 saturated heterocycles. The van der Waals surface area contributed by atoms with Crippen LogP contribution >= 0.6 is 24.0 Å². The maximum absolute atomic E-state index is 14.5. The Morgan fingerprint density at radius 3 is 2.64 bits per heavy atom. The van der Waals surface area contributed by atoms with Crippen LogP contribution in [-0.4, -0.2) is 44.8 Å². The van der Waals surface area contributed by atoms with Crippen LogP contribution in [0.5, 0.6) is 0 Å². The molecule has 1 aliphatic carbocycles. The first kappa shape index (κ1) is 23.2. The van der Waals surface area contributed by atoms with Crippen molar-refractivity contribution in [3.63, 3.8) is 0 Å². The van der Waals surface area contributed by atoms with Gasteiger partial charge >= 0.3 is 0 Å². The standard InChI is InChI=1S/C21H33FN4O.HI/c1-6-26(7-2)17-9-8-14(12-16(17)22)13-24-20(23-5)25-18-15-10-11-27-19(15)21(18,3)4;/h8-9,12,15,18-19H,6-7,10-11,13H2,1-5H3,(H2,23,24,25);1H. The van der Waals surface area contributed by atoms with Crippen LogP contribution in [0.15, 0.2) is 23.2 Å². The lowest BCUT2D eigenvalue weighted by Gasteiger charge is -2.54. The van der Waals surface area contributed by atoms with Crippen molar-refractivity contribution in [1.82, 2.24) is 10.6 Å². The third kappa shape index (κ3) is 4.40. The molecule has 1 aromatic carbocycles. The third-order valence-corrected chi connectivity index (χ3v) is 6.19. The first-order valence-electron chi connectivity index (χ1n) is 10.0. The smallest absolute Gasteiger partial charge is 0.191 e. The number of fused-ring (bicyclic) bond motifs is 1. The average Bonchev–Trinajstić information content (AvgIpc) is 3.11. The number of aliphatic imine (C=N–C) groups is 1. The second-order valence-electron chi connectivity index (χ2n) is 8.07. The van der Waals surface area contributed by atoms with Gasteiger partial charge in [0, 0.05) is 50.7 Å². The Balaban J connectivity index is 0.00000280. The van der Waals surface area contributed by atoms with Gasteiger partial charge in [0.15, 0.2) is 5.96 Å². The highest BCUT2D eigenvalue weighted by Gasteiger charge is 2.59. The van der Waals surface area contributed by atoms with Crippen LogP contribution in [0.2, 0.25) is 0 Å². The number of guanidine groups is 1. The van der Waals surface area contributed by atoms with E-state index >= 15 is 0 Å². The van der Waals surface area contributed by atoms with Crippen LogP contribution in [0, 0.1) is 17.2 Å². The van der Waals surface area contributed by atoms with Crippen molar-refractivity contribution in [2.45, 2.75) is 52.8 Å². The zero-order valence-electron chi connectivity index (χ0n) is 17.6. The topological polar surface area (TPSA) is 48.9 Å². The van der Waals surface area contributed by atoms with Crippen LogP contribution in [0.25, 0.3) is 0 Å². The third-order valence-electron chi connectivity index (χ3n) is 6.19. The van der Waals surface area contributed by atoms with Gasteiger partial charge in [-0.3, -0.25) is 4.99 Å². The molecule has 0 aromatic heterocycles. The zero-order valence-corrected chi connectivity index (χ0v) is 19.9. The Morgan fingerprint density at radius 1 is 1.32 bits per heavy atom. The fourth-order valence-corrected chi connectivity index (χ4v) is 4.63. The monoisotopic (exact) mass is 504 g/mol. The summed E-state index contributed by atoms with van der Waals surface area (Å²) < 4.78 is 20.3. The minimum atomic E-state index is -0.174. The summed E-state index contributed by atoms with van der Waals surface area (Å²) in [5, 5.41) is 6.88. The summed E-state index contributed by atoms with van der Waals surface area (Å²) in [5.74, 6) is 1.13. The summed E-state index contributed by atoms with van der Waals surface area (Å²) >= 11 is 0. The molecule has 0 amide bonds. The number of hydrogen-bond acceptors (Lipinski definition) is 3. The van der Waals surface area contributed by atoms with Gasteiger partial charge < -0.3 is 20.3 Å². The molecule has 3 atom stereocenters. The molecule has 3 unspecified atom stereocenters. The second kappa shape index (κ2) is 9.61. The number of ether oxygens (including phenoxy) is 1. The minimum Gasteiger partial charge on any atom is -0.377 e. The molecule has 158 valence electrons. The van der Waals surface area contributed by atoms with Gasteiger partial charge in [0.05, 0.1) is 11.8 Å². The summed E-state index contributed by atoms with van der Waals surface area (Å²) in [6, 6.07) is 5.80. The first-order valence-corrected chi connectivity index (χ1v) is 10.0. The molecule has 1 aromatic rings. The van der Waals surface area contributed by atoms with E-state index in [-0.39, 0.29) is 35.2 Å². The van der Waals surface area contributed by atoms with Gasteiger partial charge in [0.1, 0.15) is 5.82 Å². The fourth-order valence-electron chi connectivity index (χ4n) is 4.63. The quantitative estimate of drug-likeness (QED) is 0.352. The van der Waals surface area contributed by atoms with Crippen LogP contribution < -0.4 is 15.5 Å². The number of anilines is 1. The molecule has 1 saturated carbocycles. The maximum Gasteiger partial charge on any atom is 0.191 e. The number of benzene rings is 1. The number of halogens is 2. The molecule has 2 fully saturated rings. The van der Waals surface area contributed by atoms with Crippen molar-refractivity contribution < 1.29 is 9.13 Å². The number of hydrogen-bond donors (Lipinski definition) is 2. The maximum atomic E-state index is 14.5. The van der Waals surface area contributed by atoms with E-state index < -0.39 is 0 Å². The van der Waals surface area contributed by atoms with E-state index in [4.69, 9.17) is 4.74 Å². The molecular weight excluding hydrogens is 470 g/mol. The summed E-state index contributed by atoms with van der Waals surface area (Å²) in [6.45, 7) is 11.5. The molecule has 0 radical (unpaired) electrons. The van der Waals surface area contributed by atoms with Crippen molar-refractivity contribution in [3.05, 3.63) is 29.6 Å². The number of nitrogens with zero attached hydrogens (tertiary/aromatic N) is 2. The van der Waals surface area contributed by atoms with Crippen molar-refractivity contribution in [2.75, 3.05) is 31.6 Å². The molecule has 0 bridgehead atoms. The molecule has 3 rings (SSSR count). The number of rotatable bonds is 6. The molecule has 1 aliphatic heterocycles. The van der Waals surface area contributed by atoms with Crippen LogP contribution in [0.3, 0.4) is 0 Å². The average molecular weight is 504 g/mol. The highest BCUT2D eigenvalue weighted by atomic mass is 127. The second-order valence-corrected chi connectivity index (χ2v) is 8.07. The van der Waals surface area contributed by atoms with Gasteiger partial charge in [-0.25, -0.2) is 4.39 Å². The molecule has 7 heteroatoms. The van der Waals surface area contributed by atoms with Gasteiger partial charge in [-0.05, 0) is 38.0 Å². The molecule has 28 heavy (non-hydrogen) atoms. The van der Waals surface area contributed by atoms with Gasteiger partial charge in [-0.15, -0.1) is 24.0 Å². The van der Waals surface area contributed by atoms with Crippen LogP contribution in [-0.2, 0) is 11.3 Å². The Morgan fingerprint density at radius 2 is 2.04 bits per heavy atom. The Kier molecular flexibility index (Phi) is 7.96. The van der Waals surface area contributed by atoms with Gasteiger partial charge in [0.25, 0.3) is 0 Å². The molecule has 2 N–H and O–H groups in total.